The van der Waals surface area contributed by atoms with Gasteiger partial charge in [-0.1, -0.05) is 84.0 Å². The lowest BCUT2D eigenvalue weighted by atomic mass is 10.0. The van der Waals surface area contributed by atoms with Crippen LogP contribution in [-0.4, -0.2) is 54.9 Å². The van der Waals surface area contributed by atoms with Gasteiger partial charge in [0.25, 0.3) is 0 Å². The van der Waals surface area contributed by atoms with Gasteiger partial charge in [0.1, 0.15) is 0 Å². The van der Waals surface area contributed by atoms with E-state index in [0.29, 0.717) is 6.42 Å². The monoisotopic (exact) mass is 517 g/mol. The zero-order valence-corrected chi connectivity index (χ0v) is 21.6. The summed E-state index contributed by atoms with van der Waals surface area (Å²) in [6.45, 7) is 4.31. The molecule has 0 unspecified atom stereocenters. The second-order valence-electron chi connectivity index (χ2n) is 8.86. The van der Waals surface area contributed by atoms with Crippen LogP contribution in [0.1, 0.15) is 103 Å². The number of quaternary nitrogens is 1. The number of rotatable bonds is 19. The molecule has 0 heterocycles. The van der Waals surface area contributed by atoms with Gasteiger partial charge in [0.15, 0.2) is 0 Å². The predicted octanol–water partition coefficient (Wildman–Crippen LogP) is 1.85. The SMILES string of the molecule is CCCCCCCCCCCCCCCC[N+](C)(C)CCC[Si](O)(O)O.[I-]. The molecule has 0 aromatic heterocycles. The van der Waals surface area contributed by atoms with E-state index >= 15 is 0 Å². The molecule has 0 radical (unpaired) electrons. The molecule has 0 atom stereocenters. The van der Waals surface area contributed by atoms with E-state index in [9.17, 15) is 0 Å². The van der Waals surface area contributed by atoms with Crippen molar-refractivity contribution in [3.8, 4) is 0 Å². The number of hydrogen-bond acceptors (Lipinski definition) is 3. The van der Waals surface area contributed by atoms with Crippen LogP contribution in [0.4, 0.5) is 0 Å². The van der Waals surface area contributed by atoms with Crippen molar-refractivity contribution in [1.29, 1.82) is 0 Å². The Morgan fingerprint density at radius 1 is 0.556 bits per heavy atom. The van der Waals surface area contributed by atoms with E-state index in [0.717, 1.165) is 17.6 Å². The summed E-state index contributed by atoms with van der Waals surface area (Å²) in [5.74, 6) is 0. The van der Waals surface area contributed by atoms with Gasteiger partial charge in [-0.05, 0) is 12.8 Å². The van der Waals surface area contributed by atoms with Gasteiger partial charge in [-0.25, -0.2) is 0 Å². The van der Waals surface area contributed by atoms with E-state index in [1.807, 2.05) is 0 Å². The van der Waals surface area contributed by atoms with Crippen LogP contribution in [0.5, 0.6) is 0 Å². The quantitative estimate of drug-likeness (QED) is 0.106. The Morgan fingerprint density at radius 3 is 1.26 bits per heavy atom. The molecule has 0 aliphatic carbocycles. The van der Waals surface area contributed by atoms with Gasteiger partial charge < -0.3 is 42.8 Å². The molecule has 0 saturated heterocycles. The standard InChI is InChI=1S/C21H48NO3Si.HI/c1-4-5-6-7-8-9-10-11-12-13-14-15-16-17-19-22(2,3)20-18-21-26(23,24)25;/h23-25H,4-21H2,1-3H3;1H/q+1;/p-1. The van der Waals surface area contributed by atoms with Crippen LogP contribution in [0, 0.1) is 0 Å². The van der Waals surface area contributed by atoms with E-state index in [-0.39, 0.29) is 30.0 Å². The normalized spacial score (nSPS) is 12.2. The Labute approximate surface area is 187 Å². The molecule has 0 aliphatic rings. The summed E-state index contributed by atoms with van der Waals surface area (Å²) in [6.07, 6.45) is 20.1. The van der Waals surface area contributed by atoms with Crippen molar-refractivity contribution in [2.24, 2.45) is 0 Å². The number of hydrogen-bond donors (Lipinski definition) is 3. The molecule has 0 aromatic rings. The molecule has 4 nitrogen and oxygen atoms in total. The lowest BCUT2D eigenvalue weighted by Crippen LogP contribution is -3.00. The van der Waals surface area contributed by atoms with Crippen LogP contribution < -0.4 is 24.0 Å². The third-order valence-electron chi connectivity index (χ3n) is 5.39. The lowest BCUT2D eigenvalue weighted by molar-refractivity contribution is -0.890. The van der Waals surface area contributed by atoms with Crippen molar-refractivity contribution in [3.05, 3.63) is 0 Å². The molecule has 0 aliphatic heterocycles. The minimum Gasteiger partial charge on any atom is -1.00 e. The Kier molecular flexibility index (Phi) is 20.9. The Morgan fingerprint density at radius 2 is 0.889 bits per heavy atom. The minimum absolute atomic E-state index is 0. The van der Waals surface area contributed by atoms with Gasteiger partial charge in [-0.15, -0.1) is 0 Å². The van der Waals surface area contributed by atoms with E-state index in [1.54, 1.807) is 0 Å². The molecule has 0 saturated carbocycles. The highest BCUT2D eigenvalue weighted by Gasteiger charge is 2.27. The lowest BCUT2D eigenvalue weighted by Gasteiger charge is -2.30. The number of halogens is 1. The minimum atomic E-state index is -3.84. The fourth-order valence-electron chi connectivity index (χ4n) is 3.59. The first-order valence-corrected chi connectivity index (χ1v) is 13.3. The van der Waals surface area contributed by atoms with E-state index in [4.69, 9.17) is 14.4 Å². The molecular weight excluding hydrogens is 469 g/mol. The molecule has 0 rings (SSSR count). The Bertz CT molecular complexity index is 312. The maximum Gasteiger partial charge on any atom is 0.492 e. The number of nitrogens with zero attached hydrogens (tertiary/aromatic N) is 1. The first-order chi connectivity index (χ1) is 12.3. The third kappa shape index (κ3) is 24.7. The van der Waals surface area contributed by atoms with Crippen LogP contribution >= 0.6 is 0 Å². The van der Waals surface area contributed by atoms with Crippen molar-refractivity contribution in [2.45, 2.75) is 109 Å². The first-order valence-electron chi connectivity index (χ1n) is 11.3. The molecule has 0 fully saturated rings. The van der Waals surface area contributed by atoms with Crippen LogP contribution in [0.25, 0.3) is 0 Å². The van der Waals surface area contributed by atoms with Gasteiger partial charge in [-0.2, -0.15) is 0 Å². The predicted molar refractivity (Wildman–Crippen MR) is 114 cm³/mol. The van der Waals surface area contributed by atoms with Crippen molar-refractivity contribution in [3.63, 3.8) is 0 Å². The molecule has 166 valence electrons. The van der Waals surface area contributed by atoms with E-state index in [1.165, 1.54) is 89.9 Å². The van der Waals surface area contributed by atoms with Crippen LogP contribution in [0.15, 0.2) is 0 Å². The van der Waals surface area contributed by atoms with Crippen LogP contribution in [-0.2, 0) is 0 Å². The zero-order valence-electron chi connectivity index (χ0n) is 18.4. The number of unbranched alkanes of at least 4 members (excludes halogenated alkanes) is 13. The van der Waals surface area contributed by atoms with Crippen molar-refractivity contribution < 1.29 is 42.8 Å². The second-order valence-corrected chi connectivity index (χ2v) is 10.9. The van der Waals surface area contributed by atoms with Gasteiger partial charge in [-0.3, -0.25) is 0 Å². The highest BCUT2D eigenvalue weighted by Crippen LogP contribution is 2.14. The van der Waals surface area contributed by atoms with Gasteiger partial charge in [0.2, 0.25) is 0 Å². The van der Waals surface area contributed by atoms with Crippen LogP contribution in [0.2, 0.25) is 6.04 Å². The Balaban J connectivity index is 0. The molecule has 3 N–H and O–H groups in total. The molecule has 0 amide bonds. The summed E-state index contributed by atoms with van der Waals surface area (Å²) in [7, 11) is 0.544. The Hall–Kier alpha value is 0.787. The zero-order chi connectivity index (χ0) is 19.7. The summed E-state index contributed by atoms with van der Waals surface area (Å²) in [5, 5.41) is 0. The first kappa shape index (κ1) is 30.0. The second kappa shape index (κ2) is 18.8. The highest BCUT2D eigenvalue weighted by atomic mass is 127. The average molecular weight is 518 g/mol. The van der Waals surface area contributed by atoms with Gasteiger partial charge >= 0.3 is 8.80 Å². The highest BCUT2D eigenvalue weighted by molar-refractivity contribution is 6.56. The van der Waals surface area contributed by atoms with E-state index in [2.05, 4.69) is 21.0 Å². The smallest absolute Gasteiger partial charge is 0.492 e. The summed E-state index contributed by atoms with van der Waals surface area (Å²) in [4.78, 5) is 27.2. The molecule has 0 bridgehead atoms. The molecule has 27 heavy (non-hydrogen) atoms. The maximum absolute atomic E-state index is 9.07. The summed E-state index contributed by atoms with van der Waals surface area (Å²) < 4.78 is 0.905. The van der Waals surface area contributed by atoms with Crippen molar-refractivity contribution >= 4 is 8.80 Å². The van der Waals surface area contributed by atoms with Gasteiger partial charge in [0, 0.05) is 12.5 Å². The topological polar surface area (TPSA) is 60.7 Å². The molecule has 0 spiro atoms. The third-order valence-corrected chi connectivity index (χ3v) is 6.42. The van der Waals surface area contributed by atoms with Crippen LogP contribution in [0.3, 0.4) is 0 Å². The summed E-state index contributed by atoms with van der Waals surface area (Å²) >= 11 is 0. The van der Waals surface area contributed by atoms with Crippen molar-refractivity contribution in [1.82, 2.24) is 0 Å². The fraction of sp³-hybridized carbons (Fsp3) is 1.00. The van der Waals surface area contributed by atoms with E-state index < -0.39 is 8.80 Å². The fourth-order valence-corrected chi connectivity index (χ4v) is 4.22. The average Bonchev–Trinajstić information content (AvgIpc) is 2.53. The molecular formula is C21H48INO3Si. The molecule has 6 heteroatoms. The molecule has 0 aromatic carbocycles. The summed E-state index contributed by atoms with van der Waals surface area (Å²) in [6, 6.07) is 0.160. The van der Waals surface area contributed by atoms with Gasteiger partial charge in [0.05, 0.1) is 27.2 Å². The summed E-state index contributed by atoms with van der Waals surface area (Å²) in [5.41, 5.74) is 0. The van der Waals surface area contributed by atoms with Crippen molar-refractivity contribution in [2.75, 3.05) is 27.2 Å². The largest absolute Gasteiger partial charge is 1.00 e. The maximum atomic E-state index is 9.07.